The van der Waals surface area contributed by atoms with Gasteiger partial charge in [-0.3, -0.25) is 5.41 Å². The number of nitriles is 1. The Hall–Kier alpha value is -3.20. The second kappa shape index (κ2) is 5.93. The van der Waals surface area contributed by atoms with Crippen LogP contribution in [0.4, 0.5) is 0 Å². The molecule has 0 saturated heterocycles. The Morgan fingerprint density at radius 3 is 2.53 bits per heavy atom. The lowest BCUT2D eigenvalue weighted by molar-refractivity contribution is -0.576. The van der Waals surface area contributed by atoms with E-state index in [1.165, 1.54) is 4.57 Å². The number of aromatic nitrogens is 2. The van der Waals surface area contributed by atoms with E-state index in [0.717, 1.165) is 5.56 Å². The molecule has 2 heterocycles. The van der Waals surface area contributed by atoms with Gasteiger partial charge in [0.25, 0.3) is 0 Å². The Morgan fingerprint density at radius 2 is 1.95 bits per heavy atom. The number of nitrogens with zero attached hydrogens (tertiary/aromatic N) is 3. The van der Waals surface area contributed by atoms with Crippen LogP contribution in [0, 0.1) is 28.6 Å². The Bertz CT molecular complexity index is 722. The standard InChI is InChI=1S/C15H9N4/c16-11-15(12-17)19-9-6-13(7-10-19)4-5-14-3-1-2-8-18-14/h1-3,6-10,16H/q+1. The number of pyridine rings is 2. The molecule has 0 atom stereocenters. The van der Waals surface area contributed by atoms with E-state index in [1.807, 2.05) is 24.3 Å². The lowest BCUT2D eigenvalue weighted by Gasteiger charge is -1.90. The zero-order chi connectivity index (χ0) is 13.5. The largest absolute Gasteiger partial charge is 0.351 e. The van der Waals surface area contributed by atoms with E-state index >= 15 is 0 Å². The van der Waals surface area contributed by atoms with Gasteiger partial charge >= 0.3 is 5.70 Å². The fraction of sp³-hybridized carbons (Fsp3) is 0. The highest BCUT2D eigenvalue weighted by molar-refractivity contribution is 5.80. The van der Waals surface area contributed by atoms with Crippen molar-refractivity contribution < 1.29 is 4.57 Å². The molecule has 0 bridgehead atoms. The first-order chi connectivity index (χ1) is 9.33. The first-order valence-electron chi connectivity index (χ1n) is 5.48. The minimum absolute atomic E-state index is 0.129. The highest BCUT2D eigenvalue weighted by Crippen LogP contribution is 1.96. The third-order valence-corrected chi connectivity index (χ3v) is 2.31. The maximum atomic E-state index is 8.77. The average Bonchev–Trinajstić information content (AvgIpc) is 2.49. The SMILES string of the molecule is N#CC(=C=N)[n+]1ccc(C#Cc2ccccn2)cc1. The molecule has 0 aliphatic rings. The van der Waals surface area contributed by atoms with Gasteiger partial charge in [0.1, 0.15) is 5.69 Å². The van der Waals surface area contributed by atoms with Crippen LogP contribution in [-0.2, 0) is 0 Å². The number of hydrogen-bond acceptors (Lipinski definition) is 3. The molecule has 0 aliphatic heterocycles. The van der Waals surface area contributed by atoms with Gasteiger partial charge in [-0.2, -0.15) is 5.26 Å². The van der Waals surface area contributed by atoms with Gasteiger partial charge in [0.05, 0.1) is 5.87 Å². The highest BCUT2D eigenvalue weighted by Gasteiger charge is 2.07. The monoisotopic (exact) mass is 245 g/mol. The summed E-state index contributed by atoms with van der Waals surface area (Å²) in [6, 6.07) is 11.0. The predicted octanol–water partition coefficient (Wildman–Crippen LogP) is 1.38. The maximum absolute atomic E-state index is 8.77. The Kier molecular flexibility index (Phi) is 3.83. The third-order valence-electron chi connectivity index (χ3n) is 2.31. The van der Waals surface area contributed by atoms with E-state index in [1.54, 1.807) is 30.7 Å². The molecule has 19 heavy (non-hydrogen) atoms. The van der Waals surface area contributed by atoms with E-state index in [2.05, 4.69) is 22.7 Å². The molecule has 4 heteroatoms. The molecule has 0 fully saturated rings. The first-order valence-corrected chi connectivity index (χ1v) is 5.48. The van der Waals surface area contributed by atoms with E-state index < -0.39 is 0 Å². The van der Waals surface area contributed by atoms with Crippen molar-refractivity contribution in [1.82, 2.24) is 4.98 Å². The quantitative estimate of drug-likeness (QED) is 0.357. The van der Waals surface area contributed by atoms with Gasteiger partial charge in [0.2, 0.25) is 0 Å². The van der Waals surface area contributed by atoms with Crippen LogP contribution < -0.4 is 4.57 Å². The van der Waals surface area contributed by atoms with E-state index in [0.29, 0.717) is 5.69 Å². The van der Waals surface area contributed by atoms with Crippen molar-refractivity contribution in [2.24, 2.45) is 0 Å². The molecule has 2 aromatic rings. The Morgan fingerprint density at radius 1 is 1.16 bits per heavy atom. The van der Waals surface area contributed by atoms with Crippen LogP contribution >= 0.6 is 0 Å². The van der Waals surface area contributed by atoms with Crippen LogP contribution in [0.3, 0.4) is 0 Å². The topological polar surface area (TPSA) is 64.4 Å². The second-order valence-corrected chi connectivity index (χ2v) is 3.54. The summed E-state index contributed by atoms with van der Waals surface area (Å²) in [4.78, 5) is 4.11. The minimum Gasteiger partial charge on any atom is -0.252 e. The summed E-state index contributed by atoms with van der Waals surface area (Å²) in [5.41, 5.74) is 1.64. The van der Waals surface area contributed by atoms with Gasteiger partial charge in [0, 0.05) is 23.9 Å². The maximum Gasteiger partial charge on any atom is 0.351 e. The van der Waals surface area contributed by atoms with Crippen molar-refractivity contribution in [2.45, 2.75) is 0 Å². The number of nitrogens with one attached hydrogen (secondary N) is 1. The summed E-state index contributed by atoms with van der Waals surface area (Å²) < 4.78 is 1.51. The van der Waals surface area contributed by atoms with E-state index in [4.69, 9.17) is 10.7 Å². The van der Waals surface area contributed by atoms with Gasteiger partial charge < -0.3 is 0 Å². The lowest BCUT2D eigenvalue weighted by atomic mass is 10.2. The predicted molar refractivity (Wildman–Crippen MR) is 69.9 cm³/mol. The molecule has 0 radical (unpaired) electrons. The zero-order valence-corrected chi connectivity index (χ0v) is 9.96. The van der Waals surface area contributed by atoms with Crippen LogP contribution in [0.25, 0.3) is 5.70 Å². The summed E-state index contributed by atoms with van der Waals surface area (Å²) in [5.74, 6) is 7.99. The van der Waals surface area contributed by atoms with Crippen molar-refractivity contribution in [3.05, 3.63) is 60.2 Å². The lowest BCUT2D eigenvalue weighted by Crippen LogP contribution is -2.30. The van der Waals surface area contributed by atoms with Crippen LogP contribution in [0.5, 0.6) is 0 Å². The average molecular weight is 245 g/mol. The summed E-state index contributed by atoms with van der Waals surface area (Å²) in [7, 11) is 0. The molecule has 0 aromatic carbocycles. The molecule has 2 rings (SSSR count). The van der Waals surface area contributed by atoms with Crippen LogP contribution in [0.1, 0.15) is 11.3 Å². The first kappa shape index (κ1) is 12.3. The van der Waals surface area contributed by atoms with Crippen LogP contribution in [-0.4, -0.2) is 10.9 Å². The molecule has 88 valence electrons. The summed E-state index contributed by atoms with van der Waals surface area (Å²) in [6.07, 6.45) is 5.03. The van der Waals surface area contributed by atoms with Gasteiger partial charge in [0.15, 0.2) is 18.5 Å². The molecule has 4 nitrogen and oxygen atoms in total. The van der Waals surface area contributed by atoms with Crippen molar-refractivity contribution in [1.29, 1.82) is 10.7 Å². The second-order valence-electron chi connectivity index (χ2n) is 3.54. The van der Waals surface area contributed by atoms with Crippen molar-refractivity contribution in [3.63, 3.8) is 0 Å². The number of hydrogen-bond donors (Lipinski definition) is 1. The molecule has 0 spiro atoms. The van der Waals surface area contributed by atoms with Crippen LogP contribution in [0.15, 0.2) is 48.9 Å². The van der Waals surface area contributed by atoms with Crippen molar-refractivity contribution in [2.75, 3.05) is 0 Å². The fourth-order valence-corrected chi connectivity index (χ4v) is 1.38. The zero-order valence-electron chi connectivity index (χ0n) is 9.96. The number of allylic oxidation sites excluding steroid dienone is 1. The molecule has 0 saturated carbocycles. The van der Waals surface area contributed by atoms with E-state index in [-0.39, 0.29) is 5.70 Å². The highest BCUT2D eigenvalue weighted by atomic mass is 14.9. The van der Waals surface area contributed by atoms with Gasteiger partial charge in [-0.1, -0.05) is 12.0 Å². The van der Waals surface area contributed by atoms with Crippen molar-refractivity contribution in [3.8, 4) is 17.9 Å². The minimum atomic E-state index is 0.129. The molecular formula is C15H9N4+. The van der Waals surface area contributed by atoms with Gasteiger partial charge in [-0.25, -0.2) is 4.98 Å². The third kappa shape index (κ3) is 3.14. The molecule has 2 aromatic heterocycles. The molecule has 0 aliphatic carbocycles. The van der Waals surface area contributed by atoms with E-state index in [9.17, 15) is 0 Å². The fourth-order valence-electron chi connectivity index (χ4n) is 1.38. The normalized spacial score (nSPS) is 8.58. The Labute approximate surface area is 110 Å². The molecule has 0 amide bonds. The molecule has 0 unspecified atom stereocenters. The smallest absolute Gasteiger partial charge is 0.252 e. The summed E-state index contributed by atoms with van der Waals surface area (Å²) in [6.45, 7) is 0. The van der Waals surface area contributed by atoms with Crippen LogP contribution in [0.2, 0.25) is 0 Å². The van der Waals surface area contributed by atoms with Gasteiger partial charge in [-0.15, -0.1) is 4.57 Å². The van der Waals surface area contributed by atoms with Crippen molar-refractivity contribution >= 4 is 11.6 Å². The summed E-state index contributed by atoms with van der Waals surface area (Å²) >= 11 is 0. The Balaban J connectivity index is 2.24. The number of rotatable bonds is 1. The molecule has 1 N–H and O–H groups in total. The van der Waals surface area contributed by atoms with Gasteiger partial charge in [-0.05, 0) is 18.1 Å². The molecular weight excluding hydrogens is 236 g/mol. The summed E-state index contributed by atoms with van der Waals surface area (Å²) in [5, 5.41) is 15.8.